The standard InChI is InChI=1S/C3H10NO2.C3H9N.2CH4O4S/c1-3-4(2,5)6;1-4(2)3;2*1-5-6(2,3)4/h5-6H,3H2,1-2H3;1-3H3;2*1H3,(H,2,3,4)/q+1;;;/p-1. The summed E-state index contributed by atoms with van der Waals surface area (Å²) < 4.78 is 60.7. The fraction of sp³-hybridized carbons (Fsp3) is 1.00. The number of quaternary nitrogens is 1. The monoisotopic (exact) mass is 374 g/mol. The van der Waals surface area contributed by atoms with Crippen LogP contribution in [0, 0.1) is 0 Å². The molecule has 3 N–H and O–H groups in total. The van der Waals surface area contributed by atoms with Gasteiger partial charge >= 0.3 is 10.4 Å². The van der Waals surface area contributed by atoms with Crippen molar-refractivity contribution in [3.05, 3.63) is 0 Å². The van der Waals surface area contributed by atoms with Gasteiger partial charge in [0.1, 0.15) is 13.6 Å². The van der Waals surface area contributed by atoms with Crippen LogP contribution < -0.4 is 0 Å². The van der Waals surface area contributed by atoms with Crippen molar-refractivity contribution in [3.63, 3.8) is 0 Å². The van der Waals surface area contributed by atoms with Crippen LogP contribution in [0.4, 0.5) is 0 Å². The molecule has 0 fully saturated rings. The summed E-state index contributed by atoms with van der Waals surface area (Å²) >= 11 is 0. The first-order valence-corrected chi connectivity index (χ1v) is 8.08. The Morgan fingerprint density at radius 3 is 1.18 bits per heavy atom. The smallest absolute Gasteiger partial charge is 0.397 e. The largest absolute Gasteiger partial charge is 0.726 e. The number of hydrogen-bond donors (Lipinski definition) is 3. The predicted octanol–water partition coefficient (Wildman–Crippen LogP) is -1.06. The zero-order chi connectivity index (χ0) is 19.2. The molecule has 0 spiro atoms. The minimum Gasteiger partial charge on any atom is -0.726 e. The van der Waals surface area contributed by atoms with Gasteiger partial charge in [0, 0.05) is 0 Å². The second kappa shape index (κ2) is 14.2. The molecule has 140 valence electrons. The third-order valence-electron chi connectivity index (χ3n) is 1.01. The molecule has 0 atom stereocenters. The maximum atomic E-state index is 9.33. The molecule has 0 aliphatic heterocycles. The summed E-state index contributed by atoms with van der Waals surface area (Å²) in [5.74, 6) is 0. The van der Waals surface area contributed by atoms with E-state index in [1.807, 2.05) is 26.0 Å². The SMILES string of the molecule is CC[N+](C)(O)O.CN(C)C.COS(=O)(=O)O.COS(=O)(=O)[O-]. The molecule has 0 amide bonds. The Labute approximate surface area is 131 Å². The second-order valence-corrected chi connectivity index (χ2v) is 6.25. The number of nitrogens with zero attached hydrogens (tertiary/aromatic N) is 2. The van der Waals surface area contributed by atoms with Gasteiger partial charge < -0.3 is 9.45 Å². The van der Waals surface area contributed by atoms with E-state index in [1.165, 1.54) is 7.05 Å². The van der Waals surface area contributed by atoms with E-state index in [0.29, 0.717) is 6.54 Å². The molecule has 0 saturated heterocycles. The Balaban J connectivity index is -0.0000000994. The summed E-state index contributed by atoms with van der Waals surface area (Å²) in [6, 6.07) is 0. The van der Waals surface area contributed by atoms with Gasteiger partial charge in [0.2, 0.25) is 10.4 Å². The van der Waals surface area contributed by atoms with Crippen molar-refractivity contribution >= 4 is 20.8 Å². The molecular weight excluding hydrogens is 348 g/mol. The van der Waals surface area contributed by atoms with E-state index in [-0.39, 0.29) is 0 Å². The van der Waals surface area contributed by atoms with Crippen molar-refractivity contribution in [2.24, 2.45) is 0 Å². The van der Waals surface area contributed by atoms with Gasteiger partial charge in [-0.2, -0.15) is 18.8 Å². The highest BCUT2D eigenvalue weighted by molar-refractivity contribution is 7.81. The first-order chi connectivity index (χ1) is 9.41. The summed E-state index contributed by atoms with van der Waals surface area (Å²) in [7, 11) is 0.396. The van der Waals surface area contributed by atoms with Gasteiger partial charge in [-0.1, -0.05) is 4.81 Å². The lowest BCUT2D eigenvalue weighted by Crippen LogP contribution is -2.35. The Bertz CT molecular complexity index is 392. The molecule has 12 nitrogen and oxygen atoms in total. The Morgan fingerprint density at radius 1 is 1.05 bits per heavy atom. The zero-order valence-electron chi connectivity index (χ0n) is 13.6. The predicted molar refractivity (Wildman–Crippen MR) is 75.2 cm³/mol. The number of hydrogen-bond acceptors (Lipinski definition) is 10. The molecule has 0 aliphatic carbocycles. The average molecular weight is 374 g/mol. The van der Waals surface area contributed by atoms with Crippen LogP contribution in [0.3, 0.4) is 0 Å². The minimum atomic E-state index is -4.41. The quantitative estimate of drug-likeness (QED) is 0.237. The van der Waals surface area contributed by atoms with Gasteiger partial charge in [0.05, 0.1) is 14.2 Å². The van der Waals surface area contributed by atoms with Crippen molar-refractivity contribution in [2.75, 3.05) is 49.0 Å². The topological polar surface area (TPSA) is 174 Å². The summed E-state index contributed by atoms with van der Waals surface area (Å²) in [6.07, 6.45) is 0. The average Bonchev–Trinajstić information content (AvgIpc) is 2.27. The van der Waals surface area contributed by atoms with E-state index in [9.17, 15) is 21.4 Å². The van der Waals surface area contributed by atoms with Crippen LogP contribution >= 0.6 is 0 Å². The molecule has 0 saturated carbocycles. The van der Waals surface area contributed by atoms with E-state index in [1.54, 1.807) is 6.92 Å². The Hall–Kier alpha value is -0.420. The molecule has 14 heteroatoms. The molecule has 0 bridgehead atoms. The van der Waals surface area contributed by atoms with Gasteiger partial charge in [-0.05, 0) is 28.1 Å². The van der Waals surface area contributed by atoms with Crippen LogP contribution in [-0.2, 0) is 29.2 Å². The molecule has 0 aromatic carbocycles. The highest BCUT2D eigenvalue weighted by atomic mass is 32.3. The highest BCUT2D eigenvalue weighted by Gasteiger charge is 2.06. The molecule has 22 heavy (non-hydrogen) atoms. The third kappa shape index (κ3) is 91.8. The lowest BCUT2D eigenvalue weighted by atomic mass is 10.7. The van der Waals surface area contributed by atoms with Crippen LogP contribution in [-0.4, -0.2) is 95.0 Å². The molecule has 0 rings (SSSR count). The summed E-state index contributed by atoms with van der Waals surface area (Å²) in [4.78, 5) is 1.07. The Kier molecular flexibility index (Phi) is 19.1. The molecule has 0 aliphatic rings. The fourth-order valence-corrected chi connectivity index (χ4v) is 0. The van der Waals surface area contributed by atoms with Crippen molar-refractivity contribution in [2.45, 2.75) is 6.92 Å². The highest BCUT2D eigenvalue weighted by Crippen LogP contribution is 1.82. The van der Waals surface area contributed by atoms with E-state index < -0.39 is 25.6 Å². The maximum absolute atomic E-state index is 9.33. The first kappa shape index (κ1) is 29.6. The third-order valence-corrected chi connectivity index (χ3v) is 1.84. The lowest BCUT2D eigenvalue weighted by molar-refractivity contribution is -1.23. The van der Waals surface area contributed by atoms with E-state index in [0.717, 1.165) is 14.2 Å². The summed E-state index contributed by atoms with van der Waals surface area (Å²) in [5, 5.41) is 16.6. The van der Waals surface area contributed by atoms with Crippen LogP contribution in [0.1, 0.15) is 6.92 Å². The number of rotatable bonds is 3. The van der Waals surface area contributed by atoms with Crippen molar-refractivity contribution in [1.82, 2.24) is 4.90 Å². The lowest BCUT2D eigenvalue weighted by Gasteiger charge is -2.10. The first-order valence-electron chi connectivity index (χ1n) is 5.38. The summed E-state index contributed by atoms with van der Waals surface area (Å²) in [6.45, 7) is 2.00. The molecular formula is C8H26N2O10S2. The van der Waals surface area contributed by atoms with Crippen LogP contribution in [0.15, 0.2) is 0 Å². The molecule has 0 aromatic rings. The molecule has 0 unspecified atom stereocenters. The minimum absolute atomic E-state index is 0.319. The second-order valence-electron chi connectivity index (χ2n) is 3.92. The van der Waals surface area contributed by atoms with Gasteiger partial charge in [-0.3, -0.25) is 12.9 Å². The zero-order valence-corrected chi connectivity index (χ0v) is 15.3. The van der Waals surface area contributed by atoms with Crippen molar-refractivity contribution in [1.29, 1.82) is 0 Å². The van der Waals surface area contributed by atoms with E-state index in [4.69, 9.17) is 15.0 Å². The Morgan fingerprint density at radius 2 is 1.18 bits per heavy atom. The van der Waals surface area contributed by atoms with Crippen LogP contribution in [0.2, 0.25) is 0 Å². The molecule has 0 aromatic heterocycles. The van der Waals surface area contributed by atoms with Gasteiger partial charge in [-0.25, -0.2) is 8.42 Å². The van der Waals surface area contributed by atoms with Crippen LogP contribution in [0.5, 0.6) is 0 Å². The van der Waals surface area contributed by atoms with E-state index in [2.05, 4.69) is 8.37 Å². The van der Waals surface area contributed by atoms with Crippen molar-refractivity contribution < 1.29 is 49.5 Å². The fourth-order valence-electron chi connectivity index (χ4n) is 0. The van der Waals surface area contributed by atoms with Crippen LogP contribution in [0.25, 0.3) is 0 Å². The summed E-state index contributed by atoms with van der Waals surface area (Å²) in [5.41, 5.74) is 0. The van der Waals surface area contributed by atoms with E-state index >= 15 is 0 Å². The molecule has 0 radical (unpaired) electrons. The van der Waals surface area contributed by atoms with Gasteiger partial charge in [-0.15, -0.1) is 0 Å². The normalized spacial score (nSPS) is 11.3. The maximum Gasteiger partial charge on any atom is 0.397 e. The van der Waals surface area contributed by atoms with Gasteiger partial charge in [0.25, 0.3) is 0 Å². The van der Waals surface area contributed by atoms with Crippen molar-refractivity contribution in [3.8, 4) is 0 Å². The van der Waals surface area contributed by atoms with Gasteiger partial charge in [0.15, 0.2) is 0 Å². The number of hydroxylamine groups is 4. The molecule has 0 heterocycles.